The van der Waals surface area contributed by atoms with Crippen LogP contribution in [0.5, 0.6) is 5.88 Å². The van der Waals surface area contributed by atoms with E-state index in [1.54, 1.807) is 31.2 Å². The van der Waals surface area contributed by atoms with Gasteiger partial charge in [0.25, 0.3) is 5.91 Å². The average molecular weight is 382 g/mol. The number of rotatable bonds is 5. The van der Waals surface area contributed by atoms with Crippen molar-refractivity contribution in [2.75, 3.05) is 7.11 Å². The maximum atomic E-state index is 12.6. The Morgan fingerprint density at radius 1 is 1.29 bits per heavy atom. The van der Waals surface area contributed by atoms with E-state index < -0.39 is 11.9 Å². The summed E-state index contributed by atoms with van der Waals surface area (Å²) in [5.41, 5.74) is 1.27. The maximum Gasteiger partial charge on any atom is 0.337 e. The fourth-order valence-corrected chi connectivity index (χ4v) is 2.69. The van der Waals surface area contributed by atoms with E-state index in [2.05, 4.69) is 26.6 Å². The number of aromatic hydroxyl groups is 1. The highest BCUT2D eigenvalue weighted by Gasteiger charge is 2.18. The zero-order chi connectivity index (χ0) is 20.4. The molecule has 1 aromatic carbocycles. The number of aliphatic hydroxyl groups is 1. The molecule has 0 aliphatic carbocycles. The van der Waals surface area contributed by atoms with Crippen LogP contribution in [0.4, 0.5) is 0 Å². The largest absolute Gasteiger partial charge is 0.506 e. The Hall–Kier alpha value is -3.88. The summed E-state index contributed by atoms with van der Waals surface area (Å²) in [6.45, 7) is 5.21. The van der Waals surface area contributed by atoms with Gasteiger partial charge in [-0.1, -0.05) is 18.7 Å². The zero-order valence-electron chi connectivity index (χ0n) is 15.2. The van der Waals surface area contributed by atoms with Crippen molar-refractivity contribution in [1.82, 2.24) is 19.7 Å². The van der Waals surface area contributed by atoms with Crippen molar-refractivity contribution in [2.24, 2.45) is 0 Å². The van der Waals surface area contributed by atoms with Crippen molar-refractivity contribution in [1.29, 1.82) is 0 Å². The monoisotopic (exact) mass is 382 g/mol. The number of imidazole rings is 1. The van der Waals surface area contributed by atoms with Gasteiger partial charge in [-0.25, -0.2) is 19.2 Å². The number of methoxy groups -OCH3 is 1. The van der Waals surface area contributed by atoms with E-state index in [9.17, 15) is 19.8 Å². The lowest BCUT2D eigenvalue weighted by Gasteiger charge is -2.15. The molecule has 2 heterocycles. The van der Waals surface area contributed by atoms with Gasteiger partial charge < -0.3 is 20.3 Å². The first-order valence-corrected chi connectivity index (χ1v) is 8.26. The Kier molecular flexibility index (Phi) is 4.99. The standard InChI is InChI=1S/C19H18N4O5/c1-10(12-4-6-13(7-5-12)18(27)28-3)21-17(26)14-8-15(11(2)24)23-16(25)9-20-19(23)22-14/h4-10,24-25H,2H2,1,3H3,(H,21,26)/t10-/m1/s1. The molecule has 0 saturated heterocycles. The highest BCUT2D eigenvalue weighted by atomic mass is 16.5. The third-order valence-corrected chi connectivity index (χ3v) is 4.17. The van der Waals surface area contributed by atoms with Crippen molar-refractivity contribution < 1.29 is 24.5 Å². The number of esters is 1. The number of fused-ring (bicyclic) bond motifs is 1. The molecule has 9 nitrogen and oxygen atoms in total. The van der Waals surface area contributed by atoms with E-state index in [0.717, 1.165) is 11.8 Å². The van der Waals surface area contributed by atoms with Crippen LogP contribution in [0.3, 0.4) is 0 Å². The highest BCUT2D eigenvalue weighted by molar-refractivity contribution is 5.93. The minimum atomic E-state index is -0.503. The summed E-state index contributed by atoms with van der Waals surface area (Å²) in [6.07, 6.45) is 1.15. The summed E-state index contributed by atoms with van der Waals surface area (Å²) in [4.78, 5) is 32.1. The van der Waals surface area contributed by atoms with E-state index in [0.29, 0.717) is 5.56 Å². The molecule has 0 fully saturated rings. The Bertz CT molecular complexity index is 1070. The van der Waals surface area contributed by atoms with Crippen LogP contribution < -0.4 is 5.32 Å². The lowest BCUT2D eigenvalue weighted by atomic mass is 10.1. The van der Waals surface area contributed by atoms with Gasteiger partial charge in [0.05, 0.1) is 30.6 Å². The first kappa shape index (κ1) is 18.9. The highest BCUT2D eigenvalue weighted by Crippen LogP contribution is 2.20. The third kappa shape index (κ3) is 3.50. The summed E-state index contributed by atoms with van der Waals surface area (Å²) < 4.78 is 5.83. The predicted molar refractivity (Wildman–Crippen MR) is 100.0 cm³/mol. The first-order chi connectivity index (χ1) is 13.3. The molecule has 0 aliphatic rings. The Labute approximate surface area is 159 Å². The Balaban J connectivity index is 1.84. The molecule has 1 atom stereocenters. The molecular weight excluding hydrogens is 364 g/mol. The quantitative estimate of drug-likeness (QED) is 0.456. The second-order valence-electron chi connectivity index (χ2n) is 6.03. The number of benzene rings is 1. The van der Waals surface area contributed by atoms with Gasteiger partial charge in [-0.2, -0.15) is 0 Å². The summed E-state index contributed by atoms with van der Waals surface area (Å²) in [6, 6.07) is 7.55. The van der Waals surface area contributed by atoms with Crippen molar-refractivity contribution >= 4 is 23.4 Å². The smallest absolute Gasteiger partial charge is 0.337 e. The number of ether oxygens (including phenoxy) is 1. The van der Waals surface area contributed by atoms with Crippen LogP contribution in [0.1, 0.15) is 45.1 Å². The molecule has 2 aromatic heterocycles. The van der Waals surface area contributed by atoms with E-state index in [1.165, 1.54) is 17.6 Å². The fourth-order valence-electron chi connectivity index (χ4n) is 2.69. The molecule has 3 N–H and O–H groups in total. The molecule has 28 heavy (non-hydrogen) atoms. The SMILES string of the molecule is C=C(O)c1cc(C(=O)N[C@H](C)c2ccc(C(=O)OC)cc2)nc2ncc(O)n12. The molecule has 0 radical (unpaired) electrons. The van der Waals surface area contributed by atoms with Gasteiger partial charge in [-0.15, -0.1) is 0 Å². The normalized spacial score (nSPS) is 11.8. The number of aromatic nitrogens is 3. The molecule has 9 heteroatoms. The zero-order valence-corrected chi connectivity index (χ0v) is 15.2. The second-order valence-corrected chi connectivity index (χ2v) is 6.03. The van der Waals surface area contributed by atoms with Gasteiger partial charge in [-0.05, 0) is 30.7 Å². The van der Waals surface area contributed by atoms with Gasteiger partial charge in [0.1, 0.15) is 11.5 Å². The van der Waals surface area contributed by atoms with Crippen LogP contribution in [-0.2, 0) is 4.74 Å². The molecule has 1 amide bonds. The molecule has 3 aromatic rings. The number of hydrogen-bond acceptors (Lipinski definition) is 7. The molecule has 0 aliphatic heterocycles. The number of nitrogens with zero attached hydrogens (tertiary/aromatic N) is 3. The number of nitrogens with one attached hydrogen (secondary N) is 1. The molecular formula is C19H18N4O5. The maximum absolute atomic E-state index is 12.6. The number of carbonyl (C=O) groups excluding carboxylic acids is 2. The summed E-state index contributed by atoms with van der Waals surface area (Å²) >= 11 is 0. The topological polar surface area (TPSA) is 126 Å². The van der Waals surface area contributed by atoms with Crippen LogP contribution in [0.15, 0.2) is 43.1 Å². The average Bonchev–Trinajstić information content (AvgIpc) is 3.07. The van der Waals surface area contributed by atoms with Gasteiger partial charge >= 0.3 is 5.97 Å². The van der Waals surface area contributed by atoms with Crippen LogP contribution >= 0.6 is 0 Å². The van der Waals surface area contributed by atoms with Crippen LogP contribution in [-0.4, -0.2) is 43.6 Å². The number of amides is 1. The molecule has 0 spiro atoms. The minimum absolute atomic E-state index is 0.00123. The molecule has 0 bridgehead atoms. The number of hydrogen-bond donors (Lipinski definition) is 3. The lowest BCUT2D eigenvalue weighted by molar-refractivity contribution is 0.0600. The Morgan fingerprint density at radius 2 is 1.96 bits per heavy atom. The van der Waals surface area contributed by atoms with Crippen LogP contribution in [0, 0.1) is 0 Å². The van der Waals surface area contributed by atoms with Crippen molar-refractivity contribution in [3.63, 3.8) is 0 Å². The van der Waals surface area contributed by atoms with E-state index >= 15 is 0 Å². The van der Waals surface area contributed by atoms with E-state index in [4.69, 9.17) is 0 Å². The Morgan fingerprint density at radius 3 is 2.57 bits per heavy atom. The lowest BCUT2D eigenvalue weighted by Crippen LogP contribution is -2.28. The van der Waals surface area contributed by atoms with Crippen molar-refractivity contribution in [3.05, 3.63) is 65.6 Å². The van der Waals surface area contributed by atoms with Gasteiger partial charge in [0.2, 0.25) is 11.7 Å². The van der Waals surface area contributed by atoms with Gasteiger partial charge in [0.15, 0.2) is 0 Å². The van der Waals surface area contributed by atoms with Crippen molar-refractivity contribution in [2.45, 2.75) is 13.0 Å². The van der Waals surface area contributed by atoms with E-state index in [1.807, 2.05) is 0 Å². The summed E-state index contributed by atoms with van der Waals surface area (Å²) in [7, 11) is 1.30. The molecule has 3 rings (SSSR count). The summed E-state index contributed by atoms with van der Waals surface area (Å²) in [5.74, 6) is -1.48. The van der Waals surface area contributed by atoms with Gasteiger partial charge in [-0.3, -0.25) is 4.79 Å². The molecule has 0 saturated carbocycles. The van der Waals surface area contributed by atoms with Crippen molar-refractivity contribution in [3.8, 4) is 5.88 Å². The second kappa shape index (κ2) is 7.39. The van der Waals surface area contributed by atoms with Crippen LogP contribution in [0.2, 0.25) is 0 Å². The van der Waals surface area contributed by atoms with E-state index in [-0.39, 0.29) is 34.8 Å². The minimum Gasteiger partial charge on any atom is -0.506 e. The van der Waals surface area contributed by atoms with Gasteiger partial charge in [0, 0.05) is 0 Å². The van der Waals surface area contributed by atoms with Crippen LogP contribution in [0.25, 0.3) is 11.5 Å². The summed E-state index contributed by atoms with van der Waals surface area (Å²) in [5, 5.41) is 22.4. The molecule has 0 unspecified atom stereocenters. The third-order valence-electron chi connectivity index (χ3n) is 4.17. The number of aliphatic hydroxyl groups excluding tert-OH is 1. The fraction of sp³-hybridized carbons (Fsp3) is 0.158. The predicted octanol–water partition coefficient (Wildman–Crippen LogP) is 2.24. The first-order valence-electron chi connectivity index (χ1n) is 8.26. The number of carbonyl (C=O) groups is 2. The molecule has 144 valence electrons.